The van der Waals surface area contributed by atoms with E-state index in [0.29, 0.717) is 18.3 Å². The molecule has 2 aromatic heterocycles. The van der Waals surface area contributed by atoms with E-state index in [4.69, 9.17) is 4.52 Å². The van der Waals surface area contributed by atoms with Crippen molar-refractivity contribution < 1.29 is 9.32 Å². The highest BCUT2D eigenvalue weighted by Crippen LogP contribution is 2.35. The lowest BCUT2D eigenvalue weighted by atomic mass is 10.0. The van der Waals surface area contributed by atoms with Crippen molar-refractivity contribution in [1.82, 2.24) is 20.4 Å². The van der Waals surface area contributed by atoms with Crippen LogP contribution in [0.1, 0.15) is 60.7 Å². The summed E-state index contributed by atoms with van der Waals surface area (Å²) in [6, 6.07) is 4.27. The molecule has 0 bridgehead atoms. The molecule has 2 amide bonds. The number of rotatable bonds is 4. The predicted octanol–water partition coefficient (Wildman–Crippen LogP) is 3.45. The first-order valence-corrected chi connectivity index (χ1v) is 9.09. The molecule has 1 saturated heterocycles. The van der Waals surface area contributed by atoms with Crippen molar-refractivity contribution in [3.05, 3.63) is 34.1 Å². The Morgan fingerprint density at radius 2 is 2.26 bits per heavy atom. The number of hydrogen-bond acceptors (Lipinski definition) is 5. The fraction of sp³-hybridized carbons (Fsp3) is 0.562. The van der Waals surface area contributed by atoms with Crippen LogP contribution in [0.3, 0.4) is 0 Å². The van der Waals surface area contributed by atoms with E-state index in [2.05, 4.69) is 21.5 Å². The van der Waals surface area contributed by atoms with Gasteiger partial charge in [-0.05, 0) is 30.7 Å². The van der Waals surface area contributed by atoms with Crippen LogP contribution in [0.4, 0.5) is 4.79 Å². The lowest BCUT2D eigenvalue weighted by Gasteiger charge is -2.40. The fourth-order valence-corrected chi connectivity index (χ4v) is 4.21. The van der Waals surface area contributed by atoms with Gasteiger partial charge in [0.15, 0.2) is 5.82 Å². The van der Waals surface area contributed by atoms with Crippen LogP contribution in [-0.4, -0.2) is 27.6 Å². The van der Waals surface area contributed by atoms with E-state index in [0.717, 1.165) is 31.7 Å². The van der Waals surface area contributed by atoms with Crippen molar-refractivity contribution in [2.24, 2.45) is 0 Å². The zero-order valence-electron chi connectivity index (χ0n) is 12.9. The highest BCUT2D eigenvalue weighted by atomic mass is 32.1. The van der Waals surface area contributed by atoms with E-state index < -0.39 is 0 Å². The largest absolute Gasteiger partial charge is 0.339 e. The van der Waals surface area contributed by atoms with Gasteiger partial charge in [0.1, 0.15) is 0 Å². The Balaban J connectivity index is 1.31. The van der Waals surface area contributed by atoms with Crippen LogP contribution in [0.2, 0.25) is 0 Å². The third kappa shape index (κ3) is 2.97. The van der Waals surface area contributed by atoms with Gasteiger partial charge in [-0.25, -0.2) is 4.79 Å². The number of hydrogen-bond donors (Lipinski definition) is 1. The zero-order valence-corrected chi connectivity index (χ0v) is 13.7. The number of nitrogens with zero attached hydrogens (tertiary/aromatic N) is 3. The van der Waals surface area contributed by atoms with Crippen molar-refractivity contribution in [2.75, 3.05) is 6.54 Å². The van der Waals surface area contributed by atoms with Gasteiger partial charge >= 0.3 is 6.03 Å². The molecule has 0 aromatic carbocycles. The maximum atomic E-state index is 12.3. The molecule has 2 fully saturated rings. The molecule has 6 nitrogen and oxygen atoms in total. The number of aromatic nitrogens is 2. The Kier molecular flexibility index (Phi) is 4.03. The Labute approximate surface area is 138 Å². The van der Waals surface area contributed by atoms with Crippen LogP contribution >= 0.6 is 11.3 Å². The normalized spacial score (nSPS) is 21.4. The molecule has 1 saturated carbocycles. The van der Waals surface area contributed by atoms with Gasteiger partial charge in [-0.15, -0.1) is 11.3 Å². The molecule has 2 aromatic rings. The number of nitrogens with one attached hydrogen (secondary N) is 1. The molecule has 23 heavy (non-hydrogen) atoms. The molecule has 0 radical (unpaired) electrons. The Hall–Kier alpha value is -1.89. The second kappa shape index (κ2) is 6.31. The molecule has 1 aliphatic carbocycles. The number of carbonyl (C=O) groups excluding carboxylic acids is 1. The van der Waals surface area contributed by atoms with E-state index >= 15 is 0 Å². The van der Waals surface area contributed by atoms with Gasteiger partial charge in [0, 0.05) is 17.3 Å². The summed E-state index contributed by atoms with van der Waals surface area (Å²) in [5.41, 5.74) is 0. The van der Waals surface area contributed by atoms with Crippen molar-refractivity contribution in [2.45, 2.75) is 50.6 Å². The number of urea groups is 1. The van der Waals surface area contributed by atoms with E-state index in [1.807, 2.05) is 16.3 Å². The number of amides is 2. The molecular weight excluding hydrogens is 312 g/mol. The Bertz CT molecular complexity index is 663. The standard InChI is InChI=1S/C16H20N4O2S/c21-16(20-8-7-12(20)13-6-3-9-23-13)17-10-14-18-15(22-19-14)11-4-1-2-5-11/h3,6,9,11-12H,1-2,4-5,7-8,10H2,(H,17,21). The summed E-state index contributed by atoms with van der Waals surface area (Å²) in [4.78, 5) is 19.8. The lowest BCUT2D eigenvalue weighted by molar-refractivity contribution is 0.117. The fourth-order valence-electron chi connectivity index (χ4n) is 3.34. The molecule has 1 atom stereocenters. The smallest absolute Gasteiger partial charge is 0.318 e. The molecule has 7 heteroatoms. The highest BCUT2D eigenvalue weighted by Gasteiger charge is 2.34. The van der Waals surface area contributed by atoms with Gasteiger partial charge in [-0.1, -0.05) is 24.1 Å². The van der Waals surface area contributed by atoms with E-state index in [9.17, 15) is 4.79 Å². The summed E-state index contributed by atoms with van der Waals surface area (Å²) in [5, 5.41) is 8.94. The molecule has 0 spiro atoms. The van der Waals surface area contributed by atoms with Crippen LogP contribution in [0.5, 0.6) is 0 Å². The van der Waals surface area contributed by atoms with E-state index in [-0.39, 0.29) is 12.1 Å². The second-order valence-corrected chi connectivity index (χ2v) is 7.18. The molecule has 1 unspecified atom stereocenters. The monoisotopic (exact) mass is 332 g/mol. The minimum absolute atomic E-state index is 0.0538. The summed E-state index contributed by atoms with van der Waals surface area (Å²) < 4.78 is 5.34. The topological polar surface area (TPSA) is 71.3 Å². The van der Waals surface area contributed by atoms with Crippen LogP contribution < -0.4 is 5.32 Å². The van der Waals surface area contributed by atoms with Gasteiger partial charge in [0.2, 0.25) is 5.89 Å². The van der Waals surface area contributed by atoms with Crippen LogP contribution in [-0.2, 0) is 6.54 Å². The molecule has 1 aliphatic heterocycles. The predicted molar refractivity (Wildman–Crippen MR) is 86.1 cm³/mol. The van der Waals surface area contributed by atoms with E-state index in [1.54, 1.807) is 11.3 Å². The third-order valence-corrected chi connectivity index (χ3v) is 5.71. The zero-order chi connectivity index (χ0) is 15.6. The van der Waals surface area contributed by atoms with Gasteiger partial charge in [0.25, 0.3) is 0 Å². The first-order chi connectivity index (χ1) is 11.3. The maximum Gasteiger partial charge on any atom is 0.318 e. The van der Waals surface area contributed by atoms with Crippen molar-refractivity contribution >= 4 is 17.4 Å². The number of carbonyl (C=O) groups is 1. The van der Waals surface area contributed by atoms with Crippen LogP contribution in [0.25, 0.3) is 0 Å². The number of thiophene rings is 1. The molecule has 2 aliphatic rings. The van der Waals surface area contributed by atoms with Gasteiger partial charge in [-0.2, -0.15) is 4.98 Å². The summed E-state index contributed by atoms with van der Waals surface area (Å²) >= 11 is 1.70. The first-order valence-electron chi connectivity index (χ1n) is 8.21. The molecule has 1 N–H and O–H groups in total. The Morgan fingerprint density at radius 1 is 1.39 bits per heavy atom. The average Bonchev–Trinajstić information content (AvgIpc) is 3.25. The average molecular weight is 332 g/mol. The van der Waals surface area contributed by atoms with Gasteiger partial charge in [-0.3, -0.25) is 0 Å². The number of likely N-dealkylation sites (tertiary alicyclic amines) is 1. The first kappa shape index (κ1) is 14.7. The quantitative estimate of drug-likeness (QED) is 0.931. The van der Waals surface area contributed by atoms with Crippen molar-refractivity contribution in [3.63, 3.8) is 0 Å². The van der Waals surface area contributed by atoms with Gasteiger partial charge < -0.3 is 14.7 Å². The summed E-state index contributed by atoms with van der Waals surface area (Å²) in [5.74, 6) is 1.70. The van der Waals surface area contributed by atoms with Crippen LogP contribution in [0, 0.1) is 0 Å². The lowest BCUT2D eigenvalue weighted by Crippen LogP contribution is -2.49. The molecule has 4 rings (SSSR count). The molecule has 122 valence electrons. The van der Waals surface area contributed by atoms with Gasteiger partial charge in [0.05, 0.1) is 12.6 Å². The minimum atomic E-state index is -0.0538. The highest BCUT2D eigenvalue weighted by molar-refractivity contribution is 7.10. The molecular formula is C16H20N4O2S. The van der Waals surface area contributed by atoms with Crippen molar-refractivity contribution in [1.29, 1.82) is 0 Å². The molecule has 3 heterocycles. The minimum Gasteiger partial charge on any atom is -0.339 e. The Morgan fingerprint density at radius 3 is 2.96 bits per heavy atom. The van der Waals surface area contributed by atoms with Crippen molar-refractivity contribution in [3.8, 4) is 0 Å². The summed E-state index contributed by atoms with van der Waals surface area (Å²) in [7, 11) is 0. The second-order valence-electron chi connectivity index (χ2n) is 6.20. The summed E-state index contributed by atoms with van der Waals surface area (Å²) in [6.45, 7) is 1.12. The summed E-state index contributed by atoms with van der Waals surface area (Å²) in [6.07, 6.45) is 5.76. The van der Waals surface area contributed by atoms with Crippen LogP contribution in [0.15, 0.2) is 22.0 Å². The maximum absolute atomic E-state index is 12.3. The SMILES string of the molecule is O=C(NCc1noc(C2CCCC2)n1)N1CCC1c1cccs1. The third-order valence-electron chi connectivity index (χ3n) is 4.74. The van der Waals surface area contributed by atoms with E-state index in [1.165, 1.54) is 17.7 Å².